The number of fused-ring (bicyclic) bond motifs is 1. The van der Waals surface area contributed by atoms with Crippen LogP contribution in [0.25, 0.3) is 11.0 Å². The Kier molecular flexibility index (Phi) is 3.65. The van der Waals surface area contributed by atoms with Gasteiger partial charge in [0.05, 0.1) is 5.39 Å². The highest BCUT2D eigenvalue weighted by Gasteiger charge is 2.20. The molecule has 0 saturated heterocycles. The van der Waals surface area contributed by atoms with Crippen LogP contribution in [-0.2, 0) is 9.53 Å². The van der Waals surface area contributed by atoms with Gasteiger partial charge in [-0.15, -0.1) is 0 Å². The Balaban J connectivity index is 2.74. The molecule has 2 rings (SSSR count). The normalized spacial score (nSPS) is 12.3. The van der Waals surface area contributed by atoms with Crippen LogP contribution in [0.3, 0.4) is 0 Å². The zero-order chi connectivity index (χ0) is 14.9. The molecule has 1 aromatic carbocycles. The fourth-order valence-electron chi connectivity index (χ4n) is 2.12. The van der Waals surface area contributed by atoms with Crippen molar-refractivity contribution in [2.75, 3.05) is 0 Å². The molecule has 6 heteroatoms. The van der Waals surface area contributed by atoms with Crippen LogP contribution in [0.1, 0.15) is 31.9 Å². The lowest BCUT2D eigenvalue weighted by Crippen LogP contribution is -2.11. The molecule has 0 amide bonds. The predicted octanol–water partition coefficient (Wildman–Crippen LogP) is 2.22. The Morgan fingerprint density at radius 1 is 1.35 bits per heavy atom. The van der Waals surface area contributed by atoms with Gasteiger partial charge in [-0.25, -0.2) is 4.79 Å². The number of phenolic OH excluding ortho intramolecular Hbond substituents is 2. The monoisotopic (exact) mass is 278 g/mol. The number of hydrogen-bond donors (Lipinski definition) is 2. The van der Waals surface area contributed by atoms with Crippen LogP contribution in [0.4, 0.5) is 0 Å². The predicted molar refractivity (Wildman–Crippen MR) is 70.6 cm³/mol. The minimum Gasteiger partial charge on any atom is -0.508 e. The highest BCUT2D eigenvalue weighted by molar-refractivity contribution is 5.88. The second-order valence-electron chi connectivity index (χ2n) is 4.37. The summed E-state index contributed by atoms with van der Waals surface area (Å²) < 4.78 is 10.1. The summed E-state index contributed by atoms with van der Waals surface area (Å²) in [5, 5.41) is 19.6. The molecule has 0 aliphatic carbocycles. The van der Waals surface area contributed by atoms with Crippen molar-refractivity contribution in [3.05, 3.63) is 34.2 Å². The highest BCUT2D eigenvalue weighted by Crippen LogP contribution is 2.36. The van der Waals surface area contributed by atoms with Crippen LogP contribution in [0.2, 0.25) is 0 Å². The van der Waals surface area contributed by atoms with Gasteiger partial charge in [0.2, 0.25) is 0 Å². The third-order valence-corrected chi connectivity index (χ3v) is 2.86. The Morgan fingerprint density at radius 2 is 2.05 bits per heavy atom. The maximum absolute atomic E-state index is 11.6. The Hall–Kier alpha value is -2.50. The van der Waals surface area contributed by atoms with E-state index >= 15 is 0 Å². The van der Waals surface area contributed by atoms with Crippen molar-refractivity contribution in [3.8, 4) is 11.5 Å². The van der Waals surface area contributed by atoms with Crippen molar-refractivity contribution >= 4 is 16.9 Å². The molecule has 0 radical (unpaired) electrons. The lowest BCUT2D eigenvalue weighted by atomic mass is 10.0. The first-order chi connectivity index (χ1) is 9.42. The van der Waals surface area contributed by atoms with Gasteiger partial charge in [-0.2, -0.15) is 0 Å². The van der Waals surface area contributed by atoms with E-state index in [1.165, 1.54) is 19.1 Å². The fourth-order valence-corrected chi connectivity index (χ4v) is 2.12. The summed E-state index contributed by atoms with van der Waals surface area (Å²) in [6.07, 6.45) is -0.243. The Labute approximate surface area is 114 Å². The van der Waals surface area contributed by atoms with E-state index in [1.54, 1.807) is 6.92 Å². The van der Waals surface area contributed by atoms with Gasteiger partial charge in [-0.1, -0.05) is 6.92 Å². The average molecular weight is 278 g/mol. The molecule has 0 spiro atoms. The summed E-state index contributed by atoms with van der Waals surface area (Å²) >= 11 is 0. The quantitative estimate of drug-likeness (QED) is 0.660. The van der Waals surface area contributed by atoms with Crippen LogP contribution in [0, 0.1) is 0 Å². The number of ether oxygens (including phenoxy) is 1. The second-order valence-corrected chi connectivity index (χ2v) is 4.37. The van der Waals surface area contributed by atoms with Crippen LogP contribution in [-0.4, -0.2) is 16.2 Å². The van der Waals surface area contributed by atoms with E-state index < -0.39 is 17.7 Å². The lowest BCUT2D eigenvalue weighted by Gasteiger charge is -2.17. The van der Waals surface area contributed by atoms with Crippen molar-refractivity contribution in [2.45, 2.75) is 26.4 Å². The molecule has 0 bridgehead atoms. The van der Waals surface area contributed by atoms with Crippen LogP contribution in [0.15, 0.2) is 27.4 Å². The van der Waals surface area contributed by atoms with Crippen molar-refractivity contribution < 1.29 is 24.2 Å². The minimum absolute atomic E-state index is 0.0376. The number of benzene rings is 1. The first kappa shape index (κ1) is 13.9. The van der Waals surface area contributed by atoms with E-state index in [1.807, 2.05) is 0 Å². The Bertz CT molecular complexity index is 715. The van der Waals surface area contributed by atoms with E-state index in [9.17, 15) is 19.8 Å². The summed E-state index contributed by atoms with van der Waals surface area (Å²) in [4.78, 5) is 22.7. The number of phenols is 2. The molecule has 1 atom stereocenters. The number of carbonyl (C=O) groups excluding carboxylic acids is 1. The van der Waals surface area contributed by atoms with Crippen molar-refractivity contribution in [1.29, 1.82) is 0 Å². The van der Waals surface area contributed by atoms with Gasteiger partial charge in [0, 0.05) is 30.7 Å². The molecule has 1 unspecified atom stereocenters. The summed E-state index contributed by atoms with van der Waals surface area (Å²) in [6, 6.07) is 3.53. The van der Waals surface area contributed by atoms with Gasteiger partial charge in [-0.05, 0) is 6.42 Å². The number of rotatable bonds is 3. The van der Waals surface area contributed by atoms with Crippen molar-refractivity contribution in [1.82, 2.24) is 0 Å². The van der Waals surface area contributed by atoms with E-state index in [-0.39, 0.29) is 22.5 Å². The maximum Gasteiger partial charge on any atom is 0.336 e. The summed E-state index contributed by atoms with van der Waals surface area (Å²) in [5.74, 6) is -0.961. The Morgan fingerprint density at radius 3 is 2.65 bits per heavy atom. The molecular weight excluding hydrogens is 264 g/mol. The zero-order valence-corrected chi connectivity index (χ0v) is 11.0. The zero-order valence-electron chi connectivity index (χ0n) is 11.0. The van der Waals surface area contributed by atoms with E-state index in [4.69, 9.17) is 9.15 Å². The third-order valence-electron chi connectivity index (χ3n) is 2.86. The molecule has 0 aliphatic rings. The van der Waals surface area contributed by atoms with Crippen LogP contribution < -0.4 is 5.63 Å². The summed E-state index contributed by atoms with van der Waals surface area (Å²) in [6.45, 7) is 3.05. The molecule has 2 N–H and O–H groups in total. The van der Waals surface area contributed by atoms with Crippen LogP contribution >= 0.6 is 0 Å². The van der Waals surface area contributed by atoms with Gasteiger partial charge < -0.3 is 19.4 Å². The minimum atomic E-state index is -0.672. The standard InChI is InChI=1S/C14H14O6/c1-3-11(19-7(2)15)9-6-13(18)20-12-5-8(16)4-10(17)14(9)12/h4-6,11,16-17H,3H2,1-2H3. The molecule has 6 nitrogen and oxygen atoms in total. The first-order valence-corrected chi connectivity index (χ1v) is 6.09. The lowest BCUT2D eigenvalue weighted by molar-refractivity contribution is -0.146. The molecule has 106 valence electrons. The molecule has 0 saturated carbocycles. The van der Waals surface area contributed by atoms with Gasteiger partial charge in [-0.3, -0.25) is 4.79 Å². The van der Waals surface area contributed by atoms with Crippen LogP contribution in [0.5, 0.6) is 11.5 Å². The molecule has 0 fully saturated rings. The molecule has 20 heavy (non-hydrogen) atoms. The van der Waals surface area contributed by atoms with E-state index in [2.05, 4.69) is 0 Å². The molecular formula is C14H14O6. The number of hydrogen-bond acceptors (Lipinski definition) is 6. The molecule has 2 aromatic rings. The first-order valence-electron chi connectivity index (χ1n) is 6.09. The number of esters is 1. The smallest absolute Gasteiger partial charge is 0.336 e. The summed E-state index contributed by atoms with van der Waals surface area (Å²) in [5.41, 5.74) is -0.259. The van der Waals surface area contributed by atoms with Gasteiger partial charge in [0.25, 0.3) is 0 Å². The van der Waals surface area contributed by atoms with E-state index in [0.29, 0.717) is 12.0 Å². The van der Waals surface area contributed by atoms with Gasteiger partial charge >= 0.3 is 11.6 Å². The maximum atomic E-state index is 11.6. The molecule has 0 aliphatic heterocycles. The third kappa shape index (κ3) is 2.59. The SMILES string of the molecule is CCC(OC(C)=O)c1cc(=O)oc2cc(O)cc(O)c12. The van der Waals surface area contributed by atoms with Crippen molar-refractivity contribution in [2.24, 2.45) is 0 Å². The summed E-state index contributed by atoms with van der Waals surface area (Å²) in [7, 11) is 0. The topological polar surface area (TPSA) is 97.0 Å². The fraction of sp³-hybridized carbons (Fsp3) is 0.286. The van der Waals surface area contributed by atoms with Gasteiger partial charge in [0.15, 0.2) is 0 Å². The molecule has 1 heterocycles. The largest absolute Gasteiger partial charge is 0.508 e. The number of aromatic hydroxyl groups is 2. The van der Waals surface area contributed by atoms with Crippen molar-refractivity contribution in [3.63, 3.8) is 0 Å². The highest BCUT2D eigenvalue weighted by atomic mass is 16.5. The number of carbonyl (C=O) groups is 1. The molecule has 1 aromatic heterocycles. The second kappa shape index (κ2) is 5.24. The van der Waals surface area contributed by atoms with Gasteiger partial charge in [0.1, 0.15) is 23.2 Å². The average Bonchev–Trinajstić information content (AvgIpc) is 2.33. The van der Waals surface area contributed by atoms with E-state index in [0.717, 1.165) is 6.07 Å².